The largest absolute Gasteiger partial charge is 0.455 e. The lowest BCUT2D eigenvalue weighted by Gasteiger charge is -2.29. The third-order valence-electron chi connectivity index (χ3n) is 12.7. The van der Waals surface area contributed by atoms with Gasteiger partial charge in [0.05, 0.1) is 5.69 Å². The third-order valence-corrected chi connectivity index (χ3v) is 12.7. The second-order valence-corrected chi connectivity index (χ2v) is 16.4. The highest BCUT2D eigenvalue weighted by molar-refractivity contribution is 6.09. The summed E-state index contributed by atoms with van der Waals surface area (Å²) in [7, 11) is 0. The fourth-order valence-corrected chi connectivity index (χ4v) is 9.56. The van der Waals surface area contributed by atoms with Gasteiger partial charge in [-0.05, 0) is 109 Å². The number of rotatable bonds is 8. The molecule has 300 valence electrons. The number of hydrogen-bond acceptors (Lipinski definition) is 2. The van der Waals surface area contributed by atoms with E-state index in [1.165, 1.54) is 43.8 Å². The van der Waals surface area contributed by atoms with Gasteiger partial charge in [0.1, 0.15) is 11.2 Å². The highest BCUT2D eigenvalue weighted by Gasteiger charge is 2.21. The Bertz CT molecular complexity index is 3650. The van der Waals surface area contributed by atoms with Gasteiger partial charge in [-0.15, -0.1) is 0 Å². The Labute approximate surface area is 372 Å². The number of para-hydroxylation sites is 2. The van der Waals surface area contributed by atoms with E-state index in [2.05, 4.69) is 241 Å². The van der Waals surface area contributed by atoms with Gasteiger partial charge in [-0.25, -0.2) is 0 Å². The highest BCUT2D eigenvalue weighted by Crippen LogP contribution is 2.45. The fourth-order valence-electron chi connectivity index (χ4n) is 9.56. The number of fused-ring (bicyclic) bond motifs is 5. The van der Waals surface area contributed by atoms with Crippen molar-refractivity contribution in [2.75, 3.05) is 4.90 Å². The molecule has 0 amide bonds. The molecule has 0 fully saturated rings. The van der Waals surface area contributed by atoms with Gasteiger partial charge in [-0.3, -0.25) is 0 Å². The molecule has 0 aliphatic carbocycles. The molecule has 0 spiro atoms. The highest BCUT2D eigenvalue weighted by atomic mass is 16.3. The molecular weight excluding hydrogens is 775 g/mol. The van der Waals surface area contributed by atoms with Crippen LogP contribution >= 0.6 is 0 Å². The Balaban J connectivity index is 1.01. The van der Waals surface area contributed by atoms with Crippen molar-refractivity contribution in [1.29, 1.82) is 0 Å². The van der Waals surface area contributed by atoms with E-state index in [4.69, 9.17) is 4.42 Å². The van der Waals surface area contributed by atoms with Crippen molar-refractivity contribution in [3.8, 4) is 55.6 Å². The van der Waals surface area contributed by atoms with Crippen LogP contribution in [-0.4, -0.2) is 0 Å². The number of furan rings is 1. The van der Waals surface area contributed by atoms with E-state index in [1.54, 1.807) is 0 Å². The van der Waals surface area contributed by atoms with E-state index >= 15 is 0 Å². The minimum Gasteiger partial charge on any atom is -0.455 e. The molecule has 0 aliphatic heterocycles. The third kappa shape index (κ3) is 6.61. The maximum absolute atomic E-state index is 6.49. The number of nitrogens with zero attached hydrogens (tertiary/aromatic N) is 1. The van der Waals surface area contributed by atoms with Crippen molar-refractivity contribution in [1.82, 2.24) is 0 Å². The lowest BCUT2D eigenvalue weighted by atomic mass is 9.93. The summed E-state index contributed by atoms with van der Waals surface area (Å²) in [6.07, 6.45) is 0. The minimum absolute atomic E-state index is 0.899. The number of hydrogen-bond donors (Lipinski definition) is 0. The maximum Gasteiger partial charge on any atom is 0.143 e. The number of benzene rings is 11. The van der Waals surface area contributed by atoms with Gasteiger partial charge < -0.3 is 9.32 Å². The van der Waals surface area contributed by atoms with Crippen LogP contribution in [0.5, 0.6) is 0 Å². The summed E-state index contributed by atoms with van der Waals surface area (Å²) >= 11 is 0. The first-order valence-electron chi connectivity index (χ1n) is 21.9. The molecule has 0 N–H and O–H groups in total. The molecule has 12 aromatic rings. The molecule has 11 aromatic carbocycles. The van der Waals surface area contributed by atoms with Crippen molar-refractivity contribution in [3.63, 3.8) is 0 Å². The van der Waals surface area contributed by atoms with Gasteiger partial charge >= 0.3 is 0 Å². The zero-order valence-corrected chi connectivity index (χ0v) is 35.0. The number of anilines is 3. The summed E-state index contributed by atoms with van der Waals surface area (Å²) in [5, 5.41) is 7.21. The Hall–Kier alpha value is -8.46. The van der Waals surface area contributed by atoms with Gasteiger partial charge in [0.25, 0.3) is 0 Å². The van der Waals surface area contributed by atoms with E-state index < -0.39 is 0 Å². The molecule has 0 unspecified atom stereocenters. The first-order valence-corrected chi connectivity index (χ1v) is 21.9. The predicted molar refractivity (Wildman–Crippen MR) is 271 cm³/mol. The second kappa shape index (κ2) is 15.8. The molecule has 2 nitrogen and oxygen atoms in total. The molecule has 0 aliphatic rings. The molecule has 1 heterocycles. The SMILES string of the molecule is c1ccc(-c2ccc(-c3cccc4ccccc34)cc2N(c2ccc(-c3cccc(-c4cccc5ccccc45)c3)cc2)c2ccc(-c3cccc4c3oc3ccccc34)cc2)cc1. The van der Waals surface area contributed by atoms with Crippen LogP contribution in [0.25, 0.3) is 99.1 Å². The summed E-state index contributed by atoms with van der Waals surface area (Å²) in [5.41, 5.74) is 16.6. The van der Waals surface area contributed by atoms with Crippen LogP contribution < -0.4 is 4.90 Å². The Morgan fingerprint density at radius 3 is 1.44 bits per heavy atom. The smallest absolute Gasteiger partial charge is 0.143 e. The van der Waals surface area contributed by atoms with Crippen LogP contribution in [0.3, 0.4) is 0 Å². The standard InChI is InChI=1S/C62H41NO/c1-2-14-45(15-3-1)56-39-34-49(55-26-12-19-44-17-5-7-23-53(44)55)41-60(56)63(51-37-32-46(33-38-51)57-27-13-28-59-58-24-8-9-29-61(58)64-62(57)59)50-35-30-42(31-36-50)47-20-10-21-48(40-47)54-25-11-18-43-16-4-6-22-52(43)54/h1-41H. The quantitative estimate of drug-likeness (QED) is 0.152. The van der Waals surface area contributed by atoms with E-state index in [0.29, 0.717) is 0 Å². The minimum atomic E-state index is 0.899. The maximum atomic E-state index is 6.49. The van der Waals surface area contributed by atoms with E-state index in [0.717, 1.165) is 72.4 Å². The summed E-state index contributed by atoms with van der Waals surface area (Å²) in [5.74, 6) is 0. The zero-order valence-electron chi connectivity index (χ0n) is 35.0. The van der Waals surface area contributed by atoms with Crippen molar-refractivity contribution in [3.05, 3.63) is 249 Å². The second-order valence-electron chi connectivity index (χ2n) is 16.4. The van der Waals surface area contributed by atoms with E-state index in [-0.39, 0.29) is 0 Å². The van der Waals surface area contributed by atoms with Gasteiger partial charge in [0.15, 0.2) is 0 Å². The van der Waals surface area contributed by atoms with Gasteiger partial charge in [0.2, 0.25) is 0 Å². The zero-order chi connectivity index (χ0) is 42.4. The first-order chi connectivity index (χ1) is 31.7. The summed E-state index contributed by atoms with van der Waals surface area (Å²) in [6, 6.07) is 89.8. The molecule has 0 bridgehead atoms. The lowest BCUT2D eigenvalue weighted by Crippen LogP contribution is -2.11. The Morgan fingerprint density at radius 1 is 0.266 bits per heavy atom. The predicted octanol–water partition coefficient (Wildman–Crippen LogP) is 17.7. The summed E-state index contributed by atoms with van der Waals surface area (Å²) < 4.78 is 6.49. The fraction of sp³-hybridized carbons (Fsp3) is 0. The molecule has 12 rings (SSSR count). The van der Waals surface area contributed by atoms with Gasteiger partial charge in [-0.2, -0.15) is 0 Å². The van der Waals surface area contributed by atoms with Crippen LogP contribution in [-0.2, 0) is 0 Å². The molecule has 1 aromatic heterocycles. The van der Waals surface area contributed by atoms with Crippen LogP contribution in [0, 0.1) is 0 Å². The van der Waals surface area contributed by atoms with Crippen molar-refractivity contribution in [2.24, 2.45) is 0 Å². The molecule has 0 radical (unpaired) electrons. The lowest BCUT2D eigenvalue weighted by molar-refractivity contribution is 0.670. The van der Waals surface area contributed by atoms with Crippen LogP contribution in [0.2, 0.25) is 0 Å². The van der Waals surface area contributed by atoms with Crippen molar-refractivity contribution in [2.45, 2.75) is 0 Å². The average molecular weight is 816 g/mol. The van der Waals surface area contributed by atoms with Crippen LogP contribution in [0.1, 0.15) is 0 Å². The monoisotopic (exact) mass is 815 g/mol. The normalized spacial score (nSPS) is 11.4. The molecule has 0 atom stereocenters. The van der Waals surface area contributed by atoms with Gasteiger partial charge in [0, 0.05) is 33.3 Å². The Kier molecular flexibility index (Phi) is 9.20. The topological polar surface area (TPSA) is 16.4 Å². The van der Waals surface area contributed by atoms with E-state index in [9.17, 15) is 0 Å². The Morgan fingerprint density at radius 2 is 0.734 bits per heavy atom. The summed E-state index contributed by atoms with van der Waals surface area (Å²) in [4.78, 5) is 2.42. The average Bonchev–Trinajstić information content (AvgIpc) is 3.76. The molecule has 64 heavy (non-hydrogen) atoms. The molecular formula is C62H41NO. The molecule has 0 saturated heterocycles. The van der Waals surface area contributed by atoms with Crippen LogP contribution in [0.4, 0.5) is 17.1 Å². The summed E-state index contributed by atoms with van der Waals surface area (Å²) in [6.45, 7) is 0. The van der Waals surface area contributed by atoms with Crippen molar-refractivity contribution < 1.29 is 4.42 Å². The van der Waals surface area contributed by atoms with Crippen LogP contribution in [0.15, 0.2) is 253 Å². The van der Waals surface area contributed by atoms with E-state index in [1.807, 2.05) is 12.1 Å². The van der Waals surface area contributed by atoms with Crippen molar-refractivity contribution >= 4 is 60.5 Å². The first kappa shape index (κ1) is 37.3. The van der Waals surface area contributed by atoms with Gasteiger partial charge in [-0.1, -0.05) is 206 Å². The molecule has 0 saturated carbocycles. The molecule has 2 heteroatoms.